The fraction of sp³-hybridized carbons (Fsp3) is 0.0833. The molecule has 3 heterocycles. The van der Waals surface area contributed by atoms with Crippen molar-refractivity contribution in [1.29, 1.82) is 0 Å². The van der Waals surface area contributed by atoms with E-state index in [0.29, 0.717) is 16.7 Å². The van der Waals surface area contributed by atoms with E-state index in [1.807, 2.05) is 48.5 Å². The van der Waals surface area contributed by atoms with Gasteiger partial charge in [0.15, 0.2) is 11.0 Å². The second-order valence-electron chi connectivity index (χ2n) is 7.08. The van der Waals surface area contributed by atoms with Crippen molar-refractivity contribution in [3.63, 3.8) is 0 Å². The maximum atomic E-state index is 6.27. The van der Waals surface area contributed by atoms with Crippen LogP contribution in [0.1, 0.15) is 11.3 Å². The van der Waals surface area contributed by atoms with Gasteiger partial charge in [-0.1, -0.05) is 53.7 Å². The zero-order valence-electron chi connectivity index (χ0n) is 17.1. The Morgan fingerprint density at radius 1 is 0.969 bits per heavy atom. The molecule has 5 rings (SSSR count). The Bertz CT molecular complexity index is 1370. The monoisotopic (exact) mass is 459 g/mol. The van der Waals surface area contributed by atoms with E-state index in [9.17, 15) is 0 Å². The molecule has 0 aliphatic carbocycles. The third-order valence-electron chi connectivity index (χ3n) is 4.93. The molecule has 0 fully saturated rings. The highest BCUT2D eigenvalue weighted by Crippen LogP contribution is 2.32. The van der Waals surface area contributed by atoms with Gasteiger partial charge >= 0.3 is 0 Å². The topological polar surface area (TPSA) is 69.6 Å². The van der Waals surface area contributed by atoms with Gasteiger partial charge in [-0.2, -0.15) is 0 Å². The molecule has 0 atom stereocenters. The molecule has 2 aromatic carbocycles. The molecule has 5 aromatic rings. The summed E-state index contributed by atoms with van der Waals surface area (Å²) in [4.78, 5) is 8.72. The highest BCUT2D eigenvalue weighted by Gasteiger charge is 2.18. The summed E-state index contributed by atoms with van der Waals surface area (Å²) in [6.45, 7) is 2.08. The quantitative estimate of drug-likeness (QED) is 0.280. The van der Waals surface area contributed by atoms with Gasteiger partial charge in [0.2, 0.25) is 5.89 Å². The van der Waals surface area contributed by atoms with Gasteiger partial charge in [0.05, 0.1) is 22.0 Å². The first kappa shape index (κ1) is 20.5. The first-order chi connectivity index (χ1) is 15.7. The van der Waals surface area contributed by atoms with Crippen molar-refractivity contribution in [1.82, 2.24) is 24.7 Å². The van der Waals surface area contributed by atoms with E-state index in [1.54, 1.807) is 30.4 Å². The highest BCUT2D eigenvalue weighted by molar-refractivity contribution is 7.98. The lowest BCUT2D eigenvalue weighted by Crippen LogP contribution is -2.02. The number of pyridine rings is 1. The van der Waals surface area contributed by atoms with Crippen LogP contribution in [0.5, 0.6) is 0 Å². The SMILES string of the molecule is Cc1ccccc1-n1c(SCc2coc(-c3ccccc3Cl)n2)nnc1-c1ccncc1. The molecule has 0 saturated heterocycles. The van der Waals surface area contributed by atoms with Crippen molar-refractivity contribution in [2.75, 3.05) is 0 Å². The van der Waals surface area contributed by atoms with Crippen LogP contribution in [-0.4, -0.2) is 24.7 Å². The third-order valence-corrected chi connectivity index (χ3v) is 6.23. The molecular weight excluding hydrogens is 442 g/mol. The Kier molecular flexibility index (Phi) is 5.75. The standard InChI is InChI=1S/C24H18ClN5OS/c1-16-6-2-5-9-21(16)30-22(17-10-12-26-13-11-17)28-29-24(30)32-15-18-14-31-23(27-18)19-7-3-4-8-20(19)25/h2-14H,15H2,1H3. The van der Waals surface area contributed by atoms with Gasteiger partial charge in [-0.3, -0.25) is 9.55 Å². The van der Waals surface area contributed by atoms with Gasteiger partial charge in [0.25, 0.3) is 0 Å². The first-order valence-corrected chi connectivity index (χ1v) is 11.3. The van der Waals surface area contributed by atoms with Gasteiger partial charge in [-0.25, -0.2) is 4.98 Å². The van der Waals surface area contributed by atoms with Crippen molar-refractivity contribution in [3.05, 3.63) is 95.6 Å². The normalized spacial score (nSPS) is 11.1. The number of para-hydroxylation sites is 1. The van der Waals surface area contributed by atoms with Crippen LogP contribution in [-0.2, 0) is 5.75 Å². The molecule has 0 aliphatic rings. The molecule has 158 valence electrons. The Labute approximate surface area is 194 Å². The van der Waals surface area contributed by atoms with Crippen molar-refractivity contribution in [2.45, 2.75) is 17.8 Å². The minimum atomic E-state index is 0.504. The van der Waals surface area contributed by atoms with Gasteiger partial charge < -0.3 is 4.42 Å². The molecule has 6 nitrogen and oxygen atoms in total. The molecule has 0 bridgehead atoms. The van der Waals surface area contributed by atoms with Crippen molar-refractivity contribution < 1.29 is 4.42 Å². The fourth-order valence-electron chi connectivity index (χ4n) is 3.35. The summed E-state index contributed by atoms with van der Waals surface area (Å²) < 4.78 is 7.74. The lowest BCUT2D eigenvalue weighted by molar-refractivity contribution is 0.573. The van der Waals surface area contributed by atoms with E-state index in [4.69, 9.17) is 16.0 Å². The van der Waals surface area contributed by atoms with Crippen molar-refractivity contribution in [2.24, 2.45) is 0 Å². The zero-order chi connectivity index (χ0) is 21.9. The highest BCUT2D eigenvalue weighted by atomic mass is 35.5. The smallest absolute Gasteiger partial charge is 0.227 e. The number of oxazole rings is 1. The number of rotatable bonds is 6. The van der Waals surface area contributed by atoms with Crippen molar-refractivity contribution in [3.8, 4) is 28.5 Å². The summed E-state index contributed by atoms with van der Waals surface area (Å²) in [5.74, 6) is 1.85. The maximum Gasteiger partial charge on any atom is 0.227 e. The number of aromatic nitrogens is 5. The van der Waals surface area contributed by atoms with Crippen molar-refractivity contribution >= 4 is 23.4 Å². The Hall–Kier alpha value is -3.42. The Balaban J connectivity index is 1.47. The van der Waals surface area contributed by atoms with Crippen LogP contribution in [0.15, 0.2) is 88.9 Å². The molecule has 8 heteroatoms. The molecule has 0 spiro atoms. The van der Waals surface area contributed by atoms with Crippen LogP contribution >= 0.6 is 23.4 Å². The molecule has 32 heavy (non-hydrogen) atoms. The van der Waals surface area contributed by atoms with Gasteiger partial charge in [-0.15, -0.1) is 10.2 Å². The van der Waals surface area contributed by atoms with Crippen LogP contribution in [0, 0.1) is 6.92 Å². The Morgan fingerprint density at radius 3 is 2.56 bits per heavy atom. The minimum absolute atomic E-state index is 0.504. The summed E-state index contributed by atoms with van der Waals surface area (Å²) in [6, 6.07) is 19.5. The van der Waals surface area contributed by atoms with Gasteiger partial charge in [0, 0.05) is 23.7 Å². The molecule has 0 N–H and O–H groups in total. The molecule has 0 amide bonds. The number of benzene rings is 2. The second-order valence-corrected chi connectivity index (χ2v) is 8.43. The van der Waals surface area contributed by atoms with Crippen LogP contribution in [0.2, 0.25) is 5.02 Å². The summed E-state index contributed by atoms with van der Waals surface area (Å²) in [5.41, 5.74) is 4.68. The minimum Gasteiger partial charge on any atom is -0.444 e. The van der Waals surface area contributed by atoms with Crippen LogP contribution in [0.3, 0.4) is 0 Å². The second kappa shape index (κ2) is 8.98. The maximum absolute atomic E-state index is 6.27. The summed E-state index contributed by atoms with van der Waals surface area (Å²) in [6.07, 6.45) is 5.17. The largest absolute Gasteiger partial charge is 0.444 e. The Morgan fingerprint density at radius 2 is 1.75 bits per heavy atom. The average Bonchev–Trinajstić information content (AvgIpc) is 3.46. The lowest BCUT2D eigenvalue weighted by atomic mass is 10.2. The first-order valence-electron chi connectivity index (χ1n) is 9.94. The zero-order valence-corrected chi connectivity index (χ0v) is 18.7. The van der Waals surface area contributed by atoms with Gasteiger partial charge in [0.1, 0.15) is 6.26 Å². The summed E-state index contributed by atoms with van der Waals surface area (Å²) in [7, 11) is 0. The molecule has 3 aromatic heterocycles. The van der Waals surface area contributed by atoms with Crippen LogP contribution in [0.4, 0.5) is 0 Å². The number of nitrogens with zero attached hydrogens (tertiary/aromatic N) is 5. The fourth-order valence-corrected chi connectivity index (χ4v) is 4.39. The predicted octanol–water partition coefficient (Wildman–Crippen LogP) is 6.24. The average molecular weight is 460 g/mol. The van der Waals surface area contributed by atoms with Crippen LogP contribution < -0.4 is 0 Å². The number of thioether (sulfide) groups is 1. The third kappa shape index (κ3) is 4.04. The van der Waals surface area contributed by atoms with Crippen LogP contribution in [0.25, 0.3) is 28.5 Å². The number of hydrogen-bond acceptors (Lipinski definition) is 6. The molecule has 0 aliphatic heterocycles. The number of aryl methyl sites for hydroxylation is 1. The molecule has 0 unspecified atom stereocenters. The summed E-state index contributed by atoms with van der Waals surface area (Å²) >= 11 is 7.82. The number of hydrogen-bond donors (Lipinski definition) is 0. The molecular formula is C24H18ClN5OS. The molecule has 0 saturated carbocycles. The van der Waals surface area contributed by atoms with E-state index < -0.39 is 0 Å². The number of halogens is 1. The lowest BCUT2D eigenvalue weighted by Gasteiger charge is -2.12. The van der Waals surface area contributed by atoms with E-state index in [1.165, 1.54) is 0 Å². The molecule has 0 radical (unpaired) electrons. The summed E-state index contributed by atoms with van der Waals surface area (Å²) in [5, 5.41) is 10.3. The van der Waals surface area contributed by atoms with E-state index in [-0.39, 0.29) is 0 Å². The van der Waals surface area contributed by atoms with E-state index >= 15 is 0 Å². The van der Waals surface area contributed by atoms with Gasteiger partial charge in [-0.05, 0) is 42.8 Å². The van der Waals surface area contributed by atoms with E-state index in [0.717, 1.165) is 39.1 Å². The predicted molar refractivity (Wildman–Crippen MR) is 126 cm³/mol. The van der Waals surface area contributed by atoms with E-state index in [2.05, 4.69) is 43.8 Å².